The van der Waals surface area contributed by atoms with Crippen LogP contribution in [0, 0.1) is 5.92 Å². The highest BCUT2D eigenvalue weighted by molar-refractivity contribution is 5.85. The summed E-state index contributed by atoms with van der Waals surface area (Å²) in [5, 5.41) is 7.69. The molecule has 1 unspecified atom stereocenters. The standard InChI is InChI=1S/C9H15N3/c1-7(2)8-4-9(3,10)6-12-11-5-8/h4-7H,10H2,1-3H3. The van der Waals surface area contributed by atoms with Crippen LogP contribution in [0.25, 0.3) is 0 Å². The Hall–Kier alpha value is -0.960. The van der Waals surface area contributed by atoms with E-state index in [4.69, 9.17) is 5.73 Å². The maximum absolute atomic E-state index is 5.90. The van der Waals surface area contributed by atoms with Crippen LogP contribution in [-0.2, 0) is 0 Å². The molecule has 1 rings (SSSR count). The molecule has 0 radical (unpaired) electrons. The third-order valence-corrected chi connectivity index (χ3v) is 1.75. The molecule has 0 aliphatic carbocycles. The zero-order chi connectivity index (χ0) is 9.19. The average molecular weight is 165 g/mol. The number of hydrogen-bond donors (Lipinski definition) is 1. The summed E-state index contributed by atoms with van der Waals surface area (Å²) in [4.78, 5) is 0. The molecule has 12 heavy (non-hydrogen) atoms. The van der Waals surface area contributed by atoms with Crippen LogP contribution in [0.4, 0.5) is 0 Å². The number of nitrogens with zero attached hydrogens (tertiary/aromatic N) is 2. The zero-order valence-corrected chi connectivity index (χ0v) is 7.78. The summed E-state index contributed by atoms with van der Waals surface area (Å²) < 4.78 is 0. The highest BCUT2D eigenvalue weighted by atomic mass is 15.2. The Bertz CT molecular complexity index is 246. The van der Waals surface area contributed by atoms with E-state index in [0.717, 1.165) is 5.57 Å². The Morgan fingerprint density at radius 1 is 1.42 bits per heavy atom. The van der Waals surface area contributed by atoms with Crippen molar-refractivity contribution in [3.8, 4) is 0 Å². The maximum atomic E-state index is 5.90. The van der Waals surface area contributed by atoms with E-state index in [9.17, 15) is 0 Å². The molecule has 2 N–H and O–H groups in total. The SMILES string of the molecule is CC(C)C1=CC(C)(N)C=NN=C1. The topological polar surface area (TPSA) is 50.7 Å². The molecule has 1 aliphatic rings. The molecule has 1 atom stereocenters. The van der Waals surface area contributed by atoms with Crippen LogP contribution in [-0.4, -0.2) is 18.0 Å². The summed E-state index contributed by atoms with van der Waals surface area (Å²) in [6.45, 7) is 6.13. The van der Waals surface area contributed by atoms with E-state index in [1.54, 1.807) is 12.4 Å². The summed E-state index contributed by atoms with van der Waals surface area (Å²) in [5.41, 5.74) is 6.57. The highest BCUT2D eigenvalue weighted by Crippen LogP contribution is 2.13. The van der Waals surface area contributed by atoms with Gasteiger partial charge in [0.1, 0.15) is 0 Å². The third-order valence-electron chi connectivity index (χ3n) is 1.75. The van der Waals surface area contributed by atoms with Gasteiger partial charge < -0.3 is 5.73 Å². The number of hydrogen-bond acceptors (Lipinski definition) is 3. The molecular weight excluding hydrogens is 150 g/mol. The predicted octanol–water partition coefficient (Wildman–Crippen LogP) is 1.36. The van der Waals surface area contributed by atoms with E-state index in [-0.39, 0.29) is 0 Å². The first-order valence-corrected chi connectivity index (χ1v) is 4.10. The Morgan fingerprint density at radius 2 is 2.08 bits per heavy atom. The number of rotatable bonds is 1. The van der Waals surface area contributed by atoms with Crippen molar-refractivity contribution in [2.45, 2.75) is 26.3 Å². The van der Waals surface area contributed by atoms with E-state index in [1.807, 2.05) is 13.0 Å². The second-order valence-electron chi connectivity index (χ2n) is 3.65. The fourth-order valence-corrected chi connectivity index (χ4v) is 1.01. The summed E-state index contributed by atoms with van der Waals surface area (Å²) in [6.07, 6.45) is 5.41. The van der Waals surface area contributed by atoms with Crippen LogP contribution >= 0.6 is 0 Å². The lowest BCUT2D eigenvalue weighted by atomic mass is 9.96. The van der Waals surface area contributed by atoms with Gasteiger partial charge in [-0.15, -0.1) is 0 Å². The lowest BCUT2D eigenvalue weighted by Crippen LogP contribution is -2.35. The van der Waals surface area contributed by atoms with Crippen molar-refractivity contribution in [2.75, 3.05) is 0 Å². The van der Waals surface area contributed by atoms with Gasteiger partial charge >= 0.3 is 0 Å². The van der Waals surface area contributed by atoms with Crippen LogP contribution in [0.1, 0.15) is 20.8 Å². The molecule has 3 heteroatoms. The van der Waals surface area contributed by atoms with Crippen LogP contribution < -0.4 is 5.73 Å². The summed E-state index contributed by atoms with van der Waals surface area (Å²) in [5.74, 6) is 0.443. The lowest BCUT2D eigenvalue weighted by molar-refractivity contribution is 0.752. The Kier molecular flexibility index (Phi) is 2.43. The minimum absolute atomic E-state index is 0.443. The third kappa shape index (κ3) is 2.27. The number of nitrogens with two attached hydrogens (primary N) is 1. The summed E-state index contributed by atoms with van der Waals surface area (Å²) in [6, 6.07) is 0. The normalized spacial score (nSPS) is 28.9. The van der Waals surface area contributed by atoms with Crippen LogP contribution in [0.3, 0.4) is 0 Å². The van der Waals surface area contributed by atoms with E-state index in [0.29, 0.717) is 5.92 Å². The molecule has 0 aromatic carbocycles. The molecule has 0 bridgehead atoms. The van der Waals surface area contributed by atoms with Crippen molar-refractivity contribution in [1.29, 1.82) is 0 Å². The minimum Gasteiger partial charge on any atom is -0.318 e. The van der Waals surface area contributed by atoms with Crippen LogP contribution in [0.5, 0.6) is 0 Å². The lowest BCUT2D eigenvalue weighted by Gasteiger charge is -2.14. The Morgan fingerprint density at radius 3 is 2.67 bits per heavy atom. The molecule has 66 valence electrons. The van der Waals surface area contributed by atoms with E-state index < -0.39 is 5.54 Å². The monoisotopic (exact) mass is 165 g/mol. The second kappa shape index (κ2) is 3.19. The van der Waals surface area contributed by atoms with Crippen molar-refractivity contribution >= 4 is 12.4 Å². The van der Waals surface area contributed by atoms with Crippen molar-refractivity contribution in [3.63, 3.8) is 0 Å². The van der Waals surface area contributed by atoms with E-state index in [2.05, 4.69) is 24.1 Å². The van der Waals surface area contributed by atoms with Gasteiger partial charge in [-0.2, -0.15) is 10.2 Å². The Balaban J connectivity index is 2.95. The van der Waals surface area contributed by atoms with Gasteiger partial charge in [-0.25, -0.2) is 0 Å². The first kappa shape index (κ1) is 9.13. The van der Waals surface area contributed by atoms with Gasteiger partial charge in [0, 0.05) is 0 Å². The van der Waals surface area contributed by atoms with Gasteiger partial charge in [-0.3, -0.25) is 0 Å². The molecule has 0 aromatic rings. The molecular formula is C9H15N3. The van der Waals surface area contributed by atoms with Crippen LogP contribution in [0.15, 0.2) is 21.9 Å². The molecule has 0 saturated carbocycles. The summed E-state index contributed by atoms with van der Waals surface area (Å²) >= 11 is 0. The van der Waals surface area contributed by atoms with Crippen molar-refractivity contribution in [2.24, 2.45) is 21.9 Å². The molecule has 1 aliphatic heterocycles. The van der Waals surface area contributed by atoms with Gasteiger partial charge in [0.15, 0.2) is 0 Å². The first-order chi connectivity index (χ1) is 5.51. The van der Waals surface area contributed by atoms with Gasteiger partial charge in [-0.05, 0) is 18.4 Å². The van der Waals surface area contributed by atoms with Gasteiger partial charge in [0.25, 0.3) is 0 Å². The molecule has 0 fully saturated rings. The fourth-order valence-electron chi connectivity index (χ4n) is 1.01. The molecule has 3 nitrogen and oxygen atoms in total. The second-order valence-corrected chi connectivity index (χ2v) is 3.65. The predicted molar refractivity (Wildman–Crippen MR) is 52.5 cm³/mol. The van der Waals surface area contributed by atoms with Crippen molar-refractivity contribution in [3.05, 3.63) is 11.6 Å². The zero-order valence-electron chi connectivity index (χ0n) is 7.78. The maximum Gasteiger partial charge on any atom is 0.0695 e. The molecule has 0 spiro atoms. The Labute approximate surface area is 73.1 Å². The molecule has 0 aromatic heterocycles. The smallest absolute Gasteiger partial charge is 0.0695 e. The quantitative estimate of drug-likeness (QED) is 0.626. The van der Waals surface area contributed by atoms with E-state index in [1.165, 1.54) is 0 Å². The molecule has 1 heterocycles. The average Bonchev–Trinajstić information content (AvgIpc) is 2.10. The highest BCUT2D eigenvalue weighted by Gasteiger charge is 2.15. The largest absolute Gasteiger partial charge is 0.318 e. The van der Waals surface area contributed by atoms with Gasteiger partial charge in [0.05, 0.1) is 18.0 Å². The summed E-state index contributed by atoms with van der Waals surface area (Å²) in [7, 11) is 0. The van der Waals surface area contributed by atoms with Crippen LogP contribution in [0.2, 0.25) is 0 Å². The van der Waals surface area contributed by atoms with Crippen molar-refractivity contribution < 1.29 is 0 Å². The van der Waals surface area contributed by atoms with Crippen molar-refractivity contribution in [1.82, 2.24) is 0 Å². The molecule has 0 saturated heterocycles. The van der Waals surface area contributed by atoms with E-state index >= 15 is 0 Å². The minimum atomic E-state index is -0.462. The molecule has 0 amide bonds. The van der Waals surface area contributed by atoms with Gasteiger partial charge in [0.2, 0.25) is 0 Å². The van der Waals surface area contributed by atoms with Gasteiger partial charge in [-0.1, -0.05) is 19.9 Å². The fraction of sp³-hybridized carbons (Fsp3) is 0.556. The number of allylic oxidation sites excluding steroid dienone is 1. The first-order valence-electron chi connectivity index (χ1n) is 4.10.